The topological polar surface area (TPSA) is 59.5 Å². The number of nitrogens with one attached hydrogen (secondary N) is 1. The van der Waals surface area contributed by atoms with E-state index in [4.69, 9.17) is 9.47 Å². The van der Waals surface area contributed by atoms with E-state index in [0.29, 0.717) is 0 Å². The smallest absolute Gasteiger partial charge is 0.161 e. The van der Waals surface area contributed by atoms with Gasteiger partial charge in [-0.3, -0.25) is 0 Å². The molecule has 6 heteroatoms. The van der Waals surface area contributed by atoms with E-state index in [0.717, 1.165) is 61.4 Å². The van der Waals surface area contributed by atoms with Gasteiger partial charge < -0.3 is 19.7 Å². The van der Waals surface area contributed by atoms with E-state index in [2.05, 4.69) is 39.2 Å². The van der Waals surface area contributed by atoms with Crippen LogP contribution in [0.1, 0.15) is 30.3 Å². The summed E-state index contributed by atoms with van der Waals surface area (Å²) in [5.41, 5.74) is 2.56. The molecule has 2 aromatic rings. The molecule has 25 heavy (non-hydrogen) atoms. The van der Waals surface area contributed by atoms with E-state index >= 15 is 0 Å². The van der Waals surface area contributed by atoms with Crippen molar-refractivity contribution in [2.75, 3.05) is 37.5 Å². The van der Waals surface area contributed by atoms with Crippen LogP contribution in [0.15, 0.2) is 18.2 Å². The molecule has 6 nitrogen and oxygen atoms in total. The Morgan fingerprint density at radius 3 is 2.48 bits per heavy atom. The predicted molar refractivity (Wildman–Crippen MR) is 99.8 cm³/mol. The zero-order valence-electron chi connectivity index (χ0n) is 15.4. The summed E-state index contributed by atoms with van der Waals surface area (Å²) in [4.78, 5) is 11.4. The molecule has 1 aliphatic heterocycles. The van der Waals surface area contributed by atoms with Crippen molar-refractivity contribution in [3.05, 3.63) is 35.2 Å². The van der Waals surface area contributed by atoms with Gasteiger partial charge in [-0.05, 0) is 43.0 Å². The van der Waals surface area contributed by atoms with Crippen LogP contribution in [0.4, 0.5) is 11.6 Å². The molecule has 0 radical (unpaired) electrons. The van der Waals surface area contributed by atoms with Gasteiger partial charge in [0, 0.05) is 25.7 Å². The van der Waals surface area contributed by atoms with Gasteiger partial charge in [-0.25, -0.2) is 9.97 Å². The Labute approximate surface area is 149 Å². The fourth-order valence-corrected chi connectivity index (χ4v) is 3.14. The Kier molecular flexibility index (Phi) is 5.26. The minimum absolute atomic E-state index is 0.771. The van der Waals surface area contributed by atoms with Crippen LogP contribution in [0.5, 0.6) is 11.5 Å². The Balaban J connectivity index is 1.86. The summed E-state index contributed by atoms with van der Waals surface area (Å²) in [6, 6.07) is 6.20. The molecule has 1 aliphatic rings. The van der Waals surface area contributed by atoms with Crippen molar-refractivity contribution in [3.63, 3.8) is 0 Å². The summed E-state index contributed by atoms with van der Waals surface area (Å²) in [5.74, 6) is 4.20. The number of methoxy groups -OCH3 is 2. The van der Waals surface area contributed by atoms with Crippen molar-refractivity contribution < 1.29 is 9.47 Å². The van der Waals surface area contributed by atoms with Crippen LogP contribution in [0.3, 0.4) is 0 Å². The third-order valence-electron chi connectivity index (χ3n) is 4.42. The van der Waals surface area contributed by atoms with Gasteiger partial charge in [0.2, 0.25) is 0 Å². The van der Waals surface area contributed by atoms with Gasteiger partial charge in [-0.15, -0.1) is 0 Å². The Hall–Kier alpha value is -2.50. The Morgan fingerprint density at radius 1 is 1.08 bits per heavy atom. The molecule has 2 heterocycles. The standard InChI is InChI=1S/C19H26N4O2/c1-5-7-20-18-11-19(22-13(2)21-18)23-8-6-14-9-16(24-3)17(25-4)10-15(14)12-23/h9-11H,5-8,12H2,1-4H3,(H,20,21,22). The highest BCUT2D eigenvalue weighted by Crippen LogP contribution is 2.34. The average molecular weight is 342 g/mol. The van der Waals surface area contributed by atoms with Crippen molar-refractivity contribution in [2.24, 2.45) is 0 Å². The summed E-state index contributed by atoms with van der Waals surface area (Å²) in [6.07, 6.45) is 2.02. The molecule has 1 aromatic heterocycles. The maximum absolute atomic E-state index is 5.45. The van der Waals surface area contributed by atoms with Crippen LogP contribution in [-0.2, 0) is 13.0 Å². The minimum atomic E-state index is 0.771. The number of fused-ring (bicyclic) bond motifs is 1. The highest BCUT2D eigenvalue weighted by Gasteiger charge is 2.21. The predicted octanol–water partition coefficient (Wildman–Crippen LogP) is 3.19. The number of aromatic nitrogens is 2. The van der Waals surface area contributed by atoms with Gasteiger partial charge in [-0.1, -0.05) is 6.92 Å². The van der Waals surface area contributed by atoms with Crippen LogP contribution >= 0.6 is 0 Å². The van der Waals surface area contributed by atoms with Crippen molar-refractivity contribution in [1.29, 1.82) is 0 Å². The number of benzene rings is 1. The molecule has 134 valence electrons. The van der Waals surface area contributed by atoms with E-state index in [1.54, 1.807) is 14.2 Å². The van der Waals surface area contributed by atoms with Gasteiger partial charge in [0.1, 0.15) is 17.5 Å². The monoisotopic (exact) mass is 342 g/mol. The quantitative estimate of drug-likeness (QED) is 0.870. The van der Waals surface area contributed by atoms with Crippen molar-refractivity contribution in [3.8, 4) is 11.5 Å². The molecule has 0 spiro atoms. The summed E-state index contributed by atoms with van der Waals surface area (Å²) < 4.78 is 10.9. The third-order valence-corrected chi connectivity index (χ3v) is 4.42. The maximum atomic E-state index is 5.45. The fraction of sp³-hybridized carbons (Fsp3) is 0.474. The zero-order chi connectivity index (χ0) is 17.8. The molecule has 0 saturated heterocycles. The van der Waals surface area contributed by atoms with Crippen molar-refractivity contribution >= 4 is 11.6 Å². The van der Waals surface area contributed by atoms with Crippen LogP contribution in [0.25, 0.3) is 0 Å². The van der Waals surface area contributed by atoms with Gasteiger partial charge in [0.25, 0.3) is 0 Å². The van der Waals surface area contributed by atoms with Gasteiger partial charge in [0.05, 0.1) is 14.2 Å². The third kappa shape index (κ3) is 3.78. The summed E-state index contributed by atoms with van der Waals surface area (Å²) in [7, 11) is 3.35. The maximum Gasteiger partial charge on any atom is 0.161 e. The highest BCUT2D eigenvalue weighted by atomic mass is 16.5. The molecule has 0 amide bonds. The SMILES string of the molecule is CCCNc1cc(N2CCc3cc(OC)c(OC)cc3C2)nc(C)n1. The van der Waals surface area contributed by atoms with Gasteiger partial charge >= 0.3 is 0 Å². The number of hydrogen-bond donors (Lipinski definition) is 1. The Bertz CT molecular complexity index is 748. The van der Waals surface area contributed by atoms with Gasteiger partial charge in [-0.2, -0.15) is 0 Å². The molecule has 3 rings (SSSR count). The second kappa shape index (κ2) is 7.59. The lowest BCUT2D eigenvalue weighted by Crippen LogP contribution is -2.31. The van der Waals surface area contributed by atoms with Crippen LogP contribution in [-0.4, -0.2) is 37.3 Å². The minimum Gasteiger partial charge on any atom is -0.493 e. The van der Waals surface area contributed by atoms with Crippen LogP contribution < -0.4 is 19.7 Å². The van der Waals surface area contributed by atoms with E-state index in [1.165, 1.54) is 11.1 Å². The molecule has 0 saturated carbocycles. The second-order valence-electron chi connectivity index (χ2n) is 6.23. The van der Waals surface area contributed by atoms with E-state index in [-0.39, 0.29) is 0 Å². The Morgan fingerprint density at radius 2 is 1.80 bits per heavy atom. The number of anilines is 2. The number of hydrogen-bond acceptors (Lipinski definition) is 6. The molecular formula is C19H26N4O2. The molecule has 0 bridgehead atoms. The van der Waals surface area contributed by atoms with E-state index < -0.39 is 0 Å². The summed E-state index contributed by atoms with van der Waals surface area (Å²) in [6.45, 7) is 6.72. The molecule has 0 unspecified atom stereocenters. The second-order valence-corrected chi connectivity index (χ2v) is 6.23. The number of ether oxygens (including phenoxy) is 2. The summed E-state index contributed by atoms with van der Waals surface area (Å²) in [5, 5.41) is 3.35. The molecule has 1 aromatic carbocycles. The number of rotatable bonds is 6. The first-order valence-electron chi connectivity index (χ1n) is 8.73. The molecule has 0 aliphatic carbocycles. The normalized spacial score (nSPS) is 13.4. The van der Waals surface area contributed by atoms with Gasteiger partial charge in [0.15, 0.2) is 11.5 Å². The van der Waals surface area contributed by atoms with Crippen molar-refractivity contribution in [1.82, 2.24) is 9.97 Å². The van der Waals surface area contributed by atoms with E-state index in [9.17, 15) is 0 Å². The van der Waals surface area contributed by atoms with Crippen LogP contribution in [0.2, 0.25) is 0 Å². The largest absolute Gasteiger partial charge is 0.493 e. The number of nitrogens with zero attached hydrogens (tertiary/aromatic N) is 3. The molecule has 0 atom stereocenters. The fourth-order valence-electron chi connectivity index (χ4n) is 3.14. The zero-order valence-corrected chi connectivity index (χ0v) is 15.4. The lowest BCUT2D eigenvalue weighted by Gasteiger charge is -2.30. The van der Waals surface area contributed by atoms with Crippen LogP contribution in [0, 0.1) is 6.92 Å². The highest BCUT2D eigenvalue weighted by molar-refractivity contribution is 5.54. The molecule has 1 N–H and O–H groups in total. The lowest BCUT2D eigenvalue weighted by molar-refractivity contribution is 0.353. The average Bonchev–Trinajstić information content (AvgIpc) is 2.64. The first-order valence-corrected chi connectivity index (χ1v) is 8.73. The first kappa shape index (κ1) is 17.3. The summed E-state index contributed by atoms with van der Waals surface area (Å²) >= 11 is 0. The van der Waals surface area contributed by atoms with Crippen molar-refractivity contribution in [2.45, 2.75) is 33.2 Å². The first-order chi connectivity index (χ1) is 12.1. The number of aryl methyl sites for hydroxylation is 1. The lowest BCUT2D eigenvalue weighted by atomic mass is 9.99. The molecular weight excluding hydrogens is 316 g/mol. The molecule has 0 fully saturated rings. The van der Waals surface area contributed by atoms with E-state index in [1.807, 2.05) is 13.0 Å².